The average molecular weight is 214 g/mol. The molecule has 0 aliphatic heterocycles. The predicted molar refractivity (Wildman–Crippen MR) is 52.7 cm³/mol. The second-order valence-electron chi connectivity index (χ2n) is 2.53. The zero-order chi connectivity index (χ0) is 10.7. The molecule has 0 bridgehead atoms. The lowest BCUT2D eigenvalue weighted by Gasteiger charge is -1.97. The van der Waals surface area contributed by atoms with Crippen molar-refractivity contribution in [3.05, 3.63) is 17.5 Å². The van der Waals surface area contributed by atoms with Gasteiger partial charge < -0.3 is 5.11 Å². The van der Waals surface area contributed by atoms with Gasteiger partial charge in [-0.25, -0.2) is 4.79 Å². The fourth-order valence-electron chi connectivity index (χ4n) is 1.03. The summed E-state index contributed by atoms with van der Waals surface area (Å²) in [6, 6.07) is 1.30. The van der Waals surface area contributed by atoms with Gasteiger partial charge >= 0.3 is 5.97 Å². The van der Waals surface area contributed by atoms with E-state index in [9.17, 15) is 9.59 Å². The Morgan fingerprint density at radius 3 is 2.64 bits per heavy atom. The number of aromatic carboxylic acids is 1. The molecule has 76 valence electrons. The van der Waals surface area contributed by atoms with Crippen LogP contribution in [0.3, 0.4) is 0 Å². The van der Waals surface area contributed by atoms with E-state index in [-0.39, 0.29) is 16.5 Å². The van der Waals surface area contributed by atoms with Crippen molar-refractivity contribution >= 4 is 22.8 Å². The van der Waals surface area contributed by atoms with Crippen molar-refractivity contribution in [3.8, 4) is 0 Å². The molecule has 1 N–H and O–H groups in total. The Labute approximate surface area is 85.1 Å². The van der Waals surface area contributed by atoms with E-state index in [1.807, 2.05) is 0 Å². The van der Waals surface area contributed by atoms with Crippen LogP contribution >= 0.6 is 11.8 Å². The van der Waals surface area contributed by atoms with Crippen molar-refractivity contribution in [2.75, 3.05) is 6.26 Å². The summed E-state index contributed by atoms with van der Waals surface area (Å²) < 4.78 is 1.30. The number of thioether (sulfide) groups is 1. The molecular weight excluding hydrogens is 204 g/mol. The van der Waals surface area contributed by atoms with Crippen molar-refractivity contribution in [3.63, 3.8) is 0 Å². The fraction of sp³-hybridized carbons (Fsp3) is 0.375. The van der Waals surface area contributed by atoms with E-state index in [4.69, 9.17) is 5.11 Å². The molecular formula is C8H10N2O3S. The third-order valence-electron chi connectivity index (χ3n) is 1.69. The maximum Gasteiger partial charge on any atom is 0.354 e. The van der Waals surface area contributed by atoms with Gasteiger partial charge in [-0.15, -0.1) is 0 Å². The van der Waals surface area contributed by atoms with Crippen LogP contribution in [-0.2, 0) is 6.54 Å². The monoisotopic (exact) mass is 214 g/mol. The molecule has 1 heterocycles. The normalized spacial score (nSPS) is 10.1. The summed E-state index contributed by atoms with van der Waals surface area (Å²) in [6.07, 6.45) is 1.63. The predicted octanol–water partition coefficient (Wildman–Crippen LogP) is 1.10. The minimum absolute atomic E-state index is 0.0462. The van der Waals surface area contributed by atoms with Crippen LogP contribution in [-0.4, -0.2) is 32.2 Å². The Balaban J connectivity index is 3.13. The van der Waals surface area contributed by atoms with Crippen LogP contribution in [0.25, 0.3) is 0 Å². The van der Waals surface area contributed by atoms with E-state index >= 15 is 0 Å². The number of carbonyl (C=O) groups is 2. The Kier molecular flexibility index (Phi) is 3.29. The largest absolute Gasteiger partial charge is 0.477 e. The van der Waals surface area contributed by atoms with Crippen molar-refractivity contribution in [1.29, 1.82) is 0 Å². The summed E-state index contributed by atoms with van der Waals surface area (Å²) in [6.45, 7) is 2.20. The third-order valence-corrected chi connectivity index (χ3v) is 2.27. The lowest BCUT2D eigenvalue weighted by atomic mass is 10.3. The van der Waals surface area contributed by atoms with Crippen LogP contribution in [0.15, 0.2) is 6.07 Å². The molecule has 0 aromatic carbocycles. The molecule has 0 saturated heterocycles. The fourth-order valence-corrected chi connectivity index (χ4v) is 1.34. The van der Waals surface area contributed by atoms with Gasteiger partial charge in [-0.2, -0.15) is 5.10 Å². The standard InChI is InChI=1S/C8H10N2O3S/c1-3-10-6(7(11)12)4-5(9-10)8(13)14-2/h4H,3H2,1-2H3,(H,11,12). The molecule has 1 aromatic heterocycles. The molecule has 0 atom stereocenters. The van der Waals surface area contributed by atoms with Crippen molar-refractivity contribution in [1.82, 2.24) is 9.78 Å². The molecule has 0 amide bonds. The summed E-state index contributed by atoms with van der Waals surface area (Å²) >= 11 is 1.01. The Bertz CT molecular complexity index is 373. The summed E-state index contributed by atoms with van der Waals surface area (Å²) in [5.74, 6) is -1.07. The van der Waals surface area contributed by atoms with Crippen molar-refractivity contribution in [2.24, 2.45) is 0 Å². The SMILES string of the molecule is CCn1nc(C(=O)SC)cc1C(=O)O. The maximum absolute atomic E-state index is 11.2. The highest BCUT2D eigenvalue weighted by Gasteiger charge is 2.16. The number of carboxylic acid groups (broad SMARTS) is 1. The Hall–Kier alpha value is -1.30. The highest BCUT2D eigenvalue weighted by Crippen LogP contribution is 2.10. The van der Waals surface area contributed by atoms with Crippen LogP contribution in [0.5, 0.6) is 0 Å². The van der Waals surface area contributed by atoms with Crippen LogP contribution in [0.4, 0.5) is 0 Å². The maximum atomic E-state index is 11.2. The first-order valence-corrected chi connectivity index (χ1v) is 5.22. The van der Waals surface area contributed by atoms with Crippen LogP contribution < -0.4 is 0 Å². The summed E-state index contributed by atoms with van der Waals surface area (Å²) in [5.41, 5.74) is 0.238. The highest BCUT2D eigenvalue weighted by molar-refractivity contribution is 8.13. The molecule has 5 nitrogen and oxygen atoms in total. The van der Waals surface area contributed by atoms with Gasteiger partial charge in [-0.3, -0.25) is 9.48 Å². The number of aromatic nitrogens is 2. The first kappa shape index (κ1) is 10.8. The van der Waals surface area contributed by atoms with Crippen molar-refractivity contribution < 1.29 is 14.7 Å². The number of hydrogen-bond acceptors (Lipinski definition) is 4. The molecule has 0 aliphatic carbocycles. The molecule has 1 rings (SSSR count). The minimum Gasteiger partial charge on any atom is -0.477 e. The molecule has 6 heteroatoms. The second-order valence-corrected chi connectivity index (χ2v) is 3.31. The van der Waals surface area contributed by atoms with Gasteiger partial charge in [-0.05, 0) is 13.2 Å². The molecule has 1 aromatic rings. The smallest absolute Gasteiger partial charge is 0.354 e. The van der Waals surface area contributed by atoms with Gasteiger partial charge in [-0.1, -0.05) is 11.8 Å². The van der Waals surface area contributed by atoms with Crippen LogP contribution in [0.2, 0.25) is 0 Å². The molecule has 0 fully saturated rings. The first-order chi connectivity index (χ1) is 6.60. The van der Waals surface area contributed by atoms with Crippen molar-refractivity contribution in [2.45, 2.75) is 13.5 Å². The number of carboxylic acids is 1. The van der Waals surface area contributed by atoms with E-state index in [0.717, 1.165) is 11.8 Å². The lowest BCUT2D eigenvalue weighted by Crippen LogP contribution is -2.08. The topological polar surface area (TPSA) is 72.2 Å². The van der Waals surface area contributed by atoms with E-state index in [2.05, 4.69) is 5.10 Å². The van der Waals surface area contributed by atoms with E-state index < -0.39 is 5.97 Å². The molecule has 0 aliphatic rings. The van der Waals surface area contributed by atoms with E-state index in [0.29, 0.717) is 6.54 Å². The zero-order valence-electron chi connectivity index (χ0n) is 7.85. The number of nitrogens with zero attached hydrogens (tertiary/aromatic N) is 2. The lowest BCUT2D eigenvalue weighted by molar-refractivity contribution is 0.0683. The van der Waals surface area contributed by atoms with Crippen LogP contribution in [0.1, 0.15) is 27.9 Å². The minimum atomic E-state index is -1.07. The average Bonchev–Trinajstić information content (AvgIpc) is 2.60. The molecule has 0 unspecified atom stereocenters. The number of hydrogen-bond donors (Lipinski definition) is 1. The summed E-state index contributed by atoms with van der Waals surface area (Å²) in [5, 5.41) is 12.4. The molecule has 14 heavy (non-hydrogen) atoms. The molecule has 0 spiro atoms. The number of aryl methyl sites for hydroxylation is 1. The number of rotatable bonds is 3. The van der Waals surface area contributed by atoms with Gasteiger partial charge in [0.15, 0.2) is 0 Å². The molecule has 0 radical (unpaired) electrons. The van der Waals surface area contributed by atoms with Gasteiger partial charge in [0.2, 0.25) is 5.12 Å². The third kappa shape index (κ3) is 1.95. The van der Waals surface area contributed by atoms with Gasteiger partial charge in [0, 0.05) is 12.6 Å². The molecule has 0 saturated carbocycles. The van der Waals surface area contributed by atoms with E-state index in [1.54, 1.807) is 13.2 Å². The quantitative estimate of drug-likeness (QED) is 0.815. The number of carbonyl (C=O) groups excluding carboxylic acids is 1. The van der Waals surface area contributed by atoms with Gasteiger partial charge in [0.25, 0.3) is 0 Å². The van der Waals surface area contributed by atoms with Gasteiger partial charge in [0.05, 0.1) is 0 Å². The van der Waals surface area contributed by atoms with E-state index in [1.165, 1.54) is 10.7 Å². The first-order valence-electron chi connectivity index (χ1n) is 3.99. The summed E-state index contributed by atoms with van der Waals surface area (Å²) in [7, 11) is 0. The Morgan fingerprint density at radius 2 is 2.29 bits per heavy atom. The zero-order valence-corrected chi connectivity index (χ0v) is 8.67. The van der Waals surface area contributed by atoms with Gasteiger partial charge in [0.1, 0.15) is 11.4 Å². The summed E-state index contributed by atoms with van der Waals surface area (Å²) in [4.78, 5) is 21.9. The Morgan fingerprint density at radius 1 is 1.64 bits per heavy atom. The van der Waals surface area contributed by atoms with Crippen LogP contribution in [0, 0.1) is 0 Å². The second kappa shape index (κ2) is 4.28. The highest BCUT2D eigenvalue weighted by atomic mass is 32.2.